The molecule has 2 amide bonds. The summed E-state index contributed by atoms with van der Waals surface area (Å²) in [7, 11) is -1.43. The molecule has 0 spiro atoms. The first-order valence-corrected chi connectivity index (χ1v) is 21.1. The number of ether oxygens (including phenoxy) is 4. The van der Waals surface area contributed by atoms with Gasteiger partial charge in [-0.25, -0.2) is 10.3 Å². The summed E-state index contributed by atoms with van der Waals surface area (Å²) in [5.74, 6) is -57.4. The van der Waals surface area contributed by atoms with Crippen LogP contribution in [0.5, 0.6) is 11.5 Å². The number of methoxy groups -OCH3 is 2. The van der Waals surface area contributed by atoms with E-state index in [0.717, 1.165) is 12.2 Å². The summed E-state index contributed by atoms with van der Waals surface area (Å²) in [6.45, 7) is 4.13. The molecule has 66 heavy (non-hydrogen) atoms. The van der Waals surface area contributed by atoms with Crippen LogP contribution in [-0.2, 0) is 18.7 Å². The first-order chi connectivity index (χ1) is 30.0. The summed E-state index contributed by atoms with van der Waals surface area (Å²) in [6, 6.07) is 10.0. The van der Waals surface area contributed by atoms with Crippen LogP contribution in [0.4, 0.5) is 85.1 Å². The molecule has 0 unspecified atom stereocenters. The Labute approximate surface area is 365 Å². The van der Waals surface area contributed by atoms with Gasteiger partial charge in [0.2, 0.25) is 0 Å². The highest BCUT2D eigenvalue weighted by atomic mass is 28.4. The van der Waals surface area contributed by atoms with E-state index in [1.165, 1.54) is 95.9 Å². The van der Waals surface area contributed by atoms with Crippen molar-refractivity contribution in [3.63, 3.8) is 0 Å². The van der Waals surface area contributed by atoms with Crippen molar-refractivity contribution in [2.24, 2.45) is 0 Å². The van der Waals surface area contributed by atoms with Gasteiger partial charge in [0.05, 0.1) is 13.7 Å². The molecule has 2 aromatic rings. The minimum absolute atomic E-state index is 0.0408. The lowest BCUT2D eigenvalue weighted by molar-refractivity contribution is -0.461. The lowest BCUT2D eigenvalue weighted by Gasteiger charge is -2.44. The molecule has 3 N–H and O–H groups in total. The van der Waals surface area contributed by atoms with Gasteiger partial charge < -0.3 is 23.4 Å². The molecule has 10 nitrogen and oxygen atoms in total. The zero-order valence-electron chi connectivity index (χ0n) is 35.1. The molecule has 0 aliphatic carbocycles. The maximum Gasteiger partial charge on any atom is 0.460 e. The molecule has 0 heterocycles. The number of carbonyl (C=O) groups is 2. The van der Waals surface area contributed by atoms with E-state index >= 15 is 0 Å². The van der Waals surface area contributed by atoms with E-state index in [9.17, 15) is 84.2 Å². The van der Waals surface area contributed by atoms with Gasteiger partial charge in [-0.05, 0) is 65.2 Å². The maximum atomic E-state index is 15.0. The molecule has 0 radical (unpaired) electrons. The van der Waals surface area contributed by atoms with Crippen molar-refractivity contribution >= 4 is 26.0 Å². The quantitative estimate of drug-likeness (QED) is 0.0237. The standard InChI is InChI=1S/C38H43F17N2O8Si/c1-21(2)66(22(3)4,20-17-31(39,40)32(41,42)33(43,44)34(45,46)35(47,48)36(49,50)37(51,52)38(53,54)55)64-19-18-63-26-11-7-23(8-12-26)29(27(62-6)15-16-28(58)57-60)65-30(59)56-24-9-13-25(61-5)14-10-24/h7-16,21-22,27,29,60H,17-20H2,1-6H3,(H,56,59)(H,57,58)/b16-15+/t27-,29-/m1/s1. The van der Waals surface area contributed by atoms with Gasteiger partial charge in [0.1, 0.15) is 24.2 Å². The smallest absolute Gasteiger partial charge is 0.460 e. The SMILES string of the molecule is COc1ccc(NC(=O)O[C@H](c2ccc(OCCO[Si](CCC(F)(F)C(F)(F)C(F)(F)C(F)(F)C(F)(F)C(F)(F)C(F)(F)C(F)(F)F)(C(C)C)C(C)C)cc2)[C@@H](/C=C/C(=O)NO)OC)cc1. The zero-order chi connectivity index (χ0) is 51.1. The molecule has 0 aromatic heterocycles. The van der Waals surface area contributed by atoms with E-state index in [1.54, 1.807) is 0 Å². The number of hydroxylamine groups is 1. The van der Waals surface area contributed by atoms with E-state index in [0.29, 0.717) is 5.75 Å². The van der Waals surface area contributed by atoms with E-state index in [2.05, 4.69) is 5.32 Å². The Balaban J connectivity index is 2.32. The highest BCUT2D eigenvalue weighted by Crippen LogP contribution is 2.64. The lowest BCUT2D eigenvalue weighted by Crippen LogP contribution is -2.74. The molecule has 2 rings (SSSR count). The summed E-state index contributed by atoms with van der Waals surface area (Å²) in [5.41, 5.74) is 0.0297. The van der Waals surface area contributed by atoms with Crippen LogP contribution in [0.2, 0.25) is 17.1 Å². The highest BCUT2D eigenvalue weighted by molar-refractivity contribution is 6.76. The molecule has 2 atom stereocenters. The summed E-state index contributed by atoms with van der Waals surface area (Å²) in [4.78, 5) is 24.5. The van der Waals surface area contributed by atoms with Gasteiger partial charge in [0.25, 0.3) is 5.91 Å². The van der Waals surface area contributed by atoms with E-state index in [-0.39, 0.29) is 17.0 Å². The van der Waals surface area contributed by atoms with Crippen LogP contribution < -0.4 is 20.3 Å². The van der Waals surface area contributed by atoms with Crippen molar-refractivity contribution in [2.45, 2.75) is 111 Å². The fourth-order valence-corrected chi connectivity index (χ4v) is 10.8. The summed E-state index contributed by atoms with van der Waals surface area (Å²) >= 11 is 0. The van der Waals surface area contributed by atoms with E-state index < -0.39 is 117 Å². The van der Waals surface area contributed by atoms with E-state index in [4.69, 9.17) is 28.6 Å². The molecule has 0 aliphatic rings. The Hall–Kier alpha value is -4.57. The Morgan fingerprint density at radius 3 is 1.58 bits per heavy atom. The normalized spacial score (nSPS) is 14.9. The molecule has 0 aliphatic heterocycles. The average Bonchev–Trinajstić information content (AvgIpc) is 3.22. The number of amides is 2. The Bertz CT molecular complexity index is 1930. The second-order valence-electron chi connectivity index (χ2n) is 14.9. The first kappa shape index (κ1) is 57.6. The van der Waals surface area contributed by atoms with Crippen molar-refractivity contribution < 1.29 is 113 Å². The molecule has 0 fully saturated rings. The number of halogens is 17. The van der Waals surface area contributed by atoms with Crippen molar-refractivity contribution in [3.8, 4) is 11.5 Å². The van der Waals surface area contributed by atoms with Crippen molar-refractivity contribution in [1.29, 1.82) is 0 Å². The van der Waals surface area contributed by atoms with Gasteiger partial charge in [0.15, 0.2) is 14.4 Å². The predicted octanol–water partition coefficient (Wildman–Crippen LogP) is 11.6. The van der Waals surface area contributed by atoms with Gasteiger partial charge in [-0.3, -0.25) is 15.3 Å². The van der Waals surface area contributed by atoms with Gasteiger partial charge in [0, 0.05) is 25.3 Å². The van der Waals surface area contributed by atoms with Crippen LogP contribution in [0.15, 0.2) is 60.7 Å². The number of rotatable bonds is 24. The Kier molecular flexibility index (Phi) is 18.5. The molecule has 0 saturated carbocycles. The predicted molar refractivity (Wildman–Crippen MR) is 200 cm³/mol. The van der Waals surface area contributed by atoms with Crippen LogP contribution in [0.25, 0.3) is 0 Å². The number of hydrogen-bond donors (Lipinski definition) is 3. The van der Waals surface area contributed by atoms with Gasteiger partial charge in [-0.1, -0.05) is 39.8 Å². The summed E-state index contributed by atoms with van der Waals surface area (Å²) < 4.78 is 263. The monoisotopic (exact) mass is 1010 g/mol. The molecule has 2 aromatic carbocycles. The van der Waals surface area contributed by atoms with Crippen LogP contribution in [0.1, 0.15) is 45.8 Å². The fourth-order valence-electron chi connectivity index (χ4n) is 6.28. The van der Waals surface area contributed by atoms with E-state index in [1.807, 2.05) is 0 Å². The largest absolute Gasteiger partial charge is 0.497 e. The third kappa shape index (κ3) is 11.6. The zero-order valence-corrected chi connectivity index (χ0v) is 36.1. The number of carbonyl (C=O) groups excluding carboxylic acids is 2. The molecule has 376 valence electrons. The van der Waals surface area contributed by atoms with Crippen LogP contribution in [0, 0.1) is 0 Å². The third-order valence-corrected chi connectivity index (χ3v) is 15.9. The molecular weight excluding hydrogens is 963 g/mol. The first-order valence-electron chi connectivity index (χ1n) is 18.8. The lowest BCUT2D eigenvalue weighted by atomic mass is 9.88. The minimum atomic E-state index is -8.71. The molecule has 0 bridgehead atoms. The molecule has 28 heteroatoms. The molecular formula is C38H43F17N2O8Si. The summed E-state index contributed by atoms with van der Waals surface area (Å²) in [6.07, 6.45) is -11.9. The van der Waals surface area contributed by atoms with Gasteiger partial charge >= 0.3 is 53.7 Å². The van der Waals surface area contributed by atoms with Crippen molar-refractivity contribution in [1.82, 2.24) is 5.48 Å². The van der Waals surface area contributed by atoms with Crippen LogP contribution in [0.3, 0.4) is 0 Å². The second kappa shape index (κ2) is 21.2. The third-order valence-electron chi connectivity index (χ3n) is 10.2. The van der Waals surface area contributed by atoms with Gasteiger partial charge in [-0.15, -0.1) is 0 Å². The highest BCUT2D eigenvalue weighted by Gasteiger charge is 2.95. The fraction of sp³-hybridized carbons (Fsp3) is 0.579. The average molecular weight is 1010 g/mol. The maximum absolute atomic E-state index is 15.0. The number of alkyl halides is 17. The Morgan fingerprint density at radius 1 is 0.667 bits per heavy atom. The van der Waals surface area contributed by atoms with Crippen LogP contribution >= 0.6 is 0 Å². The topological polar surface area (TPSA) is 125 Å². The number of benzene rings is 2. The summed E-state index contributed by atoms with van der Waals surface area (Å²) in [5, 5.41) is 11.3. The minimum Gasteiger partial charge on any atom is -0.497 e. The van der Waals surface area contributed by atoms with Gasteiger partial charge in [-0.2, -0.15) is 74.6 Å². The molecule has 0 saturated heterocycles. The van der Waals surface area contributed by atoms with Crippen molar-refractivity contribution in [2.75, 3.05) is 32.8 Å². The second-order valence-corrected chi connectivity index (χ2v) is 19.9. The Morgan fingerprint density at radius 2 is 1.14 bits per heavy atom. The van der Waals surface area contributed by atoms with Crippen LogP contribution in [-0.4, -0.2) is 107 Å². The van der Waals surface area contributed by atoms with Crippen molar-refractivity contribution in [3.05, 3.63) is 66.2 Å². The number of anilines is 1. The number of hydrogen-bond acceptors (Lipinski definition) is 8. The number of nitrogens with one attached hydrogen (secondary N) is 2.